The Labute approximate surface area is 171 Å². The number of amides is 1. The monoisotopic (exact) mass is 414 g/mol. The molecule has 7 nitrogen and oxygen atoms in total. The van der Waals surface area contributed by atoms with E-state index in [4.69, 9.17) is 0 Å². The summed E-state index contributed by atoms with van der Waals surface area (Å²) in [4.78, 5) is 16.6. The Bertz CT molecular complexity index is 1020. The molecule has 2 unspecified atom stereocenters. The zero-order valence-corrected chi connectivity index (χ0v) is 17.3. The minimum Gasteiger partial charge on any atom is -0.351 e. The predicted octanol–water partition coefficient (Wildman–Crippen LogP) is 1.89. The summed E-state index contributed by atoms with van der Waals surface area (Å²) in [6.45, 7) is 1.68. The number of carbonyl (C=O) groups is 1. The summed E-state index contributed by atoms with van der Waals surface area (Å²) in [5.74, 6) is 1.31. The summed E-state index contributed by atoms with van der Waals surface area (Å²) in [5.41, 5.74) is 0.709. The lowest BCUT2D eigenvalue weighted by Crippen LogP contribution is -2.39. The van der Waals surface area contributed by atoms with Crippen LogP contribution in [0, 0.1) is 23.2 Å². The smallest absolute Gasteiger partial charge is 0.262 e. The van der Waals surface area contributed by atoms with Crippen LogP contribution in [-0.2, 0) is 17.1 Å². The first-order valence-corrected chi connectivity index (χ1v) is 11.7. The number of aryl methyl sites for hydroxylation is 1. The Morgan fingerprint density at radius 2 is 1.90 bits per heavy atom. The van der Waals surface area contributed by atoms with Gasteiger partial charge in [0.25, 0.3) is 15.9 Å². The average molecular weight is 415 g/mol. The van der Waals surface area contributed by atoms with E-state index in [9.17, 15) is 13.2 Å². The highest BCUT2D eigenvalue weighted by Gasteiger charge is 2.69. The van der Waals surface area contributed by atoms with Crippen molar-refractivity contribution in [3.63, 3.8) is 0 Å². The lowest BCUT2D eigenvalue weighted by atomic mass is 9.92. The quantitative estimate of drug-likeness (QED) is 0.750. The van der Waals surface area contributed by atoms with E-state index in [1.165, 1.54) is 19.2 Å². The number of nitrogens with one attached hydrogen (secondary N) is 1. The molecule has 2 atom stereocenters. The molecular weight excluding hydrogens is 388 g/mol. The fourth-order valence-corrected chi connectivity index (χ4v) is 6.54. The molecule has 2 aliphatic carbocycles. The maximum atomic E-state index is 12.9. The van der Waals surface area contributed by atoms with Crippen LogP contribution in [0.3, 0.4) is 0 Å². The summed E-state index contributed by atoms with van der Waals surface area (Å²) >= 11 is 0. The SMILES string of the molecule is Cn1cnc(S(=O)(=O)N2CC3C(C2)C3(CNC(=O)c2ccccc2)CC2CC2)c1. The van der Waals surface area contributed by atoms with Crippen molar-refractivity contribution < 1.29 is 13.2 Å². The molecule has 0 spiro atoms. The van der Waals surface area contributed by atoms with Crippen molar-refractivity contribution in [2.75, 3.05) is 19.6 Å². The average Bonchev–Trinajstić information content (AvgIpc) is 3.47. The molecule has 0 radical (unpaired) electrons. The fourth-order valence-electron chi connectivity index (χ4n) is 5.09. The Hall–Kier alpha value is -2.19. The largest absolute Gasteiger partial charge is 0.351 e. The standard InChI is InChI=1S/C21H26N4O3S/c1-24-12-19(23-14-24)29(27,28)25-10-17-18(11-25)21(17,9-15-7-8-15)13-22-20(26)16-5-3-2-4-6-16/h2-6,12,14-15,17-18H,7-11,13H2,1H3,(H,22,26). The second-order valence-electron chi connectivity index (χ2n) is 8.84. The number of sulfonamides is 1. The van der Waals surface area contributed by atoms with Gasteiger partial charge < -0.3 is 9.88 Å². The van der Waals surface area contributed by atoms with Gasteiger partial charge in [-0.25, -0.2) is 13.4 Å². The number of fused-ring (bicyclic) bond motifs is 1. The number of hydrogen-bond acceptors (Lipinski definition) is 4. The number of hydrogen-bond donors (Lipinski definition) is 1. The molecule has 29 heavy (non-hydrogen) atoms. The Morgan fingerprint density at radius 1 is 1.21 bits per heavy atom. The van der Waals surface area contributed by atoms with Crippen LogP contribution in [0.15, 0.2) is 47.9 Å². The molecule has 3 aliphatic rings. The van der Waals surface area contributed by atoms with Crippen molar-refractivity contribution in [2.45, 2.75) is 24.3 Å². The first-order valence-electron chi connectivity index (χ1n) is 10.2. The van der Waals surface area contributed by atoms with Gasteiger partial charge in [-0.15, -0.1) is 0 Å². The van der Waals surface area contributed by atoms with E-state index in [-0.39, 0.29) is 16.3 Å². The molecule has 1 aromatic heterocycles. The van der Waals surface area contributed by atoms with Gasteiger partial charge >= 0.3 is 0 Å². The molecule has 154 valence electrons. The van der Waals surface area contributed by atoms with Crippen LogP contribution in [-0.4, -0.2) is 47.8 Å². The number of aromatic nitrogens is 2. The topological polar surface area (TPSA) is 84.3 Å². The van der Waals surface area contributed by atoms with Crippen LogP contribution in [0.5, 0.6) is 0 Å². The van der Waals surface area contributed by atoms with E-state index in [1.807, 2.05) is 30.3 Å². The Balaban J connectivity index is 1.28. The summed E-state index contributed by atoms with van der Waals surface area (Å²) < 4.78 is 29.0. The van der Waals surface area contributed by atoms with Gasteiger partial charge in [0.05, 0.1) is 6.33 Å². The van der Waals surface area contributed by atoms with Crippen molar-refractivity contribution in [1.82, 2.24) is 19.2 Å². The molecule has 1 amide bonds. The third kappa shape index (κ3) is 3.28. The summed E-state index contributed by atoms with van der Waals surface area (Å²) in [6, 6.07) is 9.25. The number of benzene rings is 1. The van der Waals surface area contributed by atoms with Crippen LogP contribution in [0.2, 0.25) is 0 Å². The second-order valence-corrected chi connectivity index (χ2v) is 10.7. The van der Waals surface area contributed by atoms with E-state index in [2.05, 4.69) is 10.3 Å². The lowest BCUT2D eigenvalue weighted by Gasteiger charge is -2.26. The lowest BCUT2D eigenvalue weighted by molar-refractivity contribution is 0.0937. The molecule has 2 saturated carbocycles. The normalized spacial score (nSPS) is 28.9. The van der Waals surface area contributed by atoms with E-state index < -0.39 is 10.0 Å². The van der Waals surface area contributed by atoms with Gasteiger partial charge in [0, 0.05) is 38.4 Å². The third-order valence-electron chi connectivity index (χ3n) is 6.92. The van der Waals surface area contributed by atoms with E-state index in [1.54, 1.807) is 22.1 Å². The zero-order valence-electron chi connectivity index (χ0n) is 16.5. The molecule has 5 rings (SSSR count). The molecule has 1 saturated heterocycles. The number of piperidine rings is 1. The van der Waals surface area contributed by atoms with Crippen LogP contribution < -0.4 is 5.32 Å². The molecule has 1 aromatic carbocycles. The predicted molar refractivity (Wildman–Crippen MR) is 107 cm³/mol. The number of nitrogens with zero attached hydrogens (tertiary/aromatic N) is 3. The van der Waals surface area contributed by atoms with Crippen molar-refractivity contribution in [3.8, 4) is 0 Å². The molecule has 2 heterocycles. The highest BCUT2D eigenvalue weighted by molar-refractivity contribution is 7.89. The molecule has 3 fully saturated rings. The van der Waals surface area contributed by atoms with E-state index >= 15 is 0 Å². The van der Waals surface area contributed by atoms with Gasteiger partial charge in [0.1, 0.15) is 0 Å². The highest BCUT2D eigenvalue weighted by Crippen LogP contribution is 2.67. The van der Waals surface area contributed by atoms with Gasteiger partial charge in [-0.3, -0.25) is 4.79 Å². The van der Waals surface area contributed by atoms with Crippen molar-refractivity contribution in [2.24, 2.45) is 30.2 Å². The van der Waals surface area contributed by atoms with Gasteiger partial charge in [-0.05, 0) is 41.7 Å². The van der Waals surface area contributed by atoms with Crippen molar-refractivity contribution in [3.05, 3.63) is 48.4 Å². The van der Waals surface area contributed by atoms with Crippen LogP contribution in [0.25, 0.3) is 0 Å². The molecular formula is C21H26N4O3S. The Kier molecular flexibility index (Phi) is 4.33. The maximum absolute atomic E-state index is 12.9. The zero-order chi connectivity index (χ0) is 20.2. The van der Waals surface area contributed by atoms with Crippen molar-refractivity contribution >= 4 is 15.9 Å². The Morgan fingerprint density at radius 3 is 2.48 bits per heavy atom. The maximum Gasteiger partial charge on any atom is 0.262 e. The summed E-state index contributed by atoms with van der Waals surface area (Å²) in [7, 11) is -1.78. The molecule has 8 heteroatoms. The molecule has 2 aromatic rings. The summed E-state index contributed by atoms with van der Waals surface area (Å²) in [5, 5.41) is 3.25. The first kappa shape index (κ1) is 18.8. The van der Waals surface area contributed by atoms with E-state index in [0.29, 0.717) is 37.0 Å². The van der Waals surface area contributed by atoms with Gasteiger partial charge in [0.2, 0.25) is 0 Å². The number of rotatable bonds is 7. The van der Waals surface area contributed by atoms with Crippen molar-refractivity contribution in [1.29, 1.82) is 0 Å². The molecule has 1 N–H and O–H groups in total. The van der Waals surface area contributed by atoms with Crippen LogP contribution >= 0.6 is 0 Å². The third-order valence-corrected chi connectivity index (χ3v) is 8.64. The van der Waals surface area contributed by atoms with E-state index in [0.717, 1.165) is 12.3 Å². The minimum absolute atomic E-state index is 0.0434. The van der Waals surface area contributed by atoms with Crippen LogP contribution in [0.1, 0.15) is 29.6 Å². The fraction of sp³-hybridized carbons (Fsp3) is 0.524. The number of carbonyl (C=O) groups excluding carboxylic acids is 1. The first-order chi connectivity index (χ1) is 13.9. The minimum atomic E-state index is -3.54. The summed E-state index contributed by atoms with van der Waals surface area (Å²) in [6.07, 6.45) is 6.67. The highest BCUT2D eigenvalue weighted by atomic mass is 32.2. The molecule has 1 aliphatic heterocycles. The van der Waals surface area contributed by atoms with Gasteiger partial charge in [-0.1, -0.05) is 31.0 Å². The second kappa shape index (κ2) is 6.67. The molecule has 0 bridgehead atoms. The number of imidazole rings is 1. The van der Waals surface area contributed by atoms with Gasteiger partial charge in [-0.2, -0.15) is 4.31 Å². The van der Waals surface area contributed by atoms with Gasteiger partial charge in [0.15, 0.2) is 5.03 Å². The van der Waals surface area contributed by atoms with Crippen LogP contribution in [0.4, 0.5) is 0 Å².